The van der Waals surface area contributed by atoms with Gasteiger partial charge >= 0.3 is 6.18 Å². The summed E-state index contributed by atoms with van der Waals surface area (Å²) < 4.78 is 37.7. The van der Waals surface area contributed by atoms with E-state index in [2.05, 4.69) is 10.3 Å². The van der Waals surface area contributed by atoms with Gasteiger partial charge in [-0.2, -0.15) is 13.2 Å². The number of nitro groups is 1. The number of hydrogen-bond acceptors (Lipinski definition) is 5. The quantitative estimate of drug-likeness (QED) is 0.674. The molecule has 0 aliphatic rings. The molecule has 0 aliphatic heterocycles. The van der Waals surface area contributed by atoms with Crippen LogP contribution in [-0.2, 0) is 12.6 Å². The van der Waals surface area contributed by atoms with Crippen LogP contribution in [0.2, 0.25) is 0 Å². The fourth-order valence-corrected chi connectivity index (χ4v) is 2.29. The van der Waals surface area contributed by atoms with E-state index in [0.717, 1.165) is 17.8 Å². The van der Waals surface area contributed by atoms with Crippen LogP contribution in [0.3, 0.4) is 0 Å². The van der Waals surface area contributed by atoms with Crippen molar-refractivity contribution in [2.45, 2.75) is 12.6 Å². The van der Waals surface area contributed by atoms with Crippen molar-refractivity contribution in [3.8, 4) is 0 Å². The summed E-state index contributed by atoms with van der Waals surface area (Å²) in [6, 6.07) is 2.42. The van der Waals surface area contributed by atoms with E-state index >= 15 is 0 Å². The minimum atomic E-state index is -4.61. The third kappa shape index (κ3) is 3.91. The summed E-state index contributed by atoms with van der Waals surface area (Å²) in [7, 11) is 0. The lowest BCUT2D eigenvalue weighted by molar-refractivity contribution is -0.384. The molecule has 1 N–H and O–H groups in total. The summed E-state index contributed by atoms with van der Waals surface area (Å²) in [6.45, 7) is 0.343. The van der Waals surface area contributed by atoms with E-state index in [1.807, 2.05) is 5.38 Å². The highest BCUT2D eigenvalue weighted by Gasteiger charge is 2.32. The molecule has 1 aromatic heterocycles. The van der Waals surface area contributed by atoms with Crippen molar-refractivity contribution < 1.29 is 18.1 Å². The van der Waals surface area contributed by atoms with E-state index in [0.29, 0.717) is 19.0 Å². The number of nitro benzene ring substituents is 1. The average Bonchev–Trinajstić information content (AvgIpc) is 2.90. The van der Waals surface area contributed by atoms with Crippen LogP contribution in [0.15, 0.2) is 29.1 Å². The zero-order valence-corrected chi connectivity index (χ0v) is 11.4. The van der Waals surface area contributed by atoms with Gasteiger partial charge in [0.25, 0.3) is 5.69 Å². The number of nitrogens with one attached hydrogen (secondary N) is 1. The van der Waals surface area contributed by atoms with Crippen LogP contribution in [0.25, 0.3) is 0 Å². The lowest BCUT2D eigenvalue weighted by atomic mass is 10.1. The summed E-state index contributed by atoms with van der Waals surface area (Å²) in [5.41, 5.74) is 0.906. The molecular formula is C12H10F3N3O2S. The van der Waals surface area contributed by atoms with Gasteiger partial charge in [-0.05, 0) is 12.1 Å². The smallest absolute Gasteiger partial charge is 0.379 e. The van der Waals surface area contributed by atoms with Crippen LogP contribution in [0.1, 0.15) is 11.3 Å². The largest absolute Gasteiger partial charge is 0.416 e. The molecule has 0 spiro atoms. The Kier molecular flexibility index (Phi) is 4.41. The van der Waals surface area contributed by atoms with Gasteiger partial charge < -0.3 is 5.32 Å². The Bertz CT molecular complexity index is 629. The van der Waals surface area contributed by atoms with Gasteiger partial charge in [0.2, 0.25) is 0 Å². The van der Waals surface area contributed by atoms with E-state index in [1.165, 1.54) is 11.3 Å². The van der Waals surface area contributed by atoms with Crippen LogP contribution in [0.4, 0.5) is 24.5 Å². The molecule has 0 radical (unpaired) electrons. The number of alkyl halides is 3. The van der Waals surface area contributed by atoms with Crippen molar-refractivity contribution in [2.75, 3.05) is 11.9 Å². The summed E-state index contributed by atoms with van der Waals surface area (Å²) in [4.78, 5) is 14.1. The Labute approximate surface area is 121 Å². The minimum absolute atomic E-state index is 0.0585. The first-order chi connectivity index (χ1) is 9.88. The Balaban J connectivity index is 2.13. The molecule has 9 heteroatoms. The summed E-state index contributed by atoms with van der Waals surface area (Å²) >= 11 is 1.43. The maximum atomic E-state index is 12.6. The van der Waals surface area contributed by atoms with Gasteiger partial charge in [0, 0.05) is 24.4 Å². The van der Waals surface area contributed by atoms with Crippen LogP contribution in [0.5, 0.6) is 0 Å². The highest BCUT2D eigenvalue weighted by molar-refractivity contribution is 7.07. The van der Waals surface area contributed by atoms with E-state index in [-0.39, 0.29) is 5.69 Å². The molecule has 2 aromatic rings. The van der Waals surface area contributed by atoms with Crippen molar-refractivity contribution in [1.82, 2.24) is 4.98 Å². The lowest BCUT2D eigenvalue weighted by Gasteiger charge is -2.10. The molecule has 112 valence electrons. The van der Waals surface area contributed by atoms with Gasteiger partial charge in [-0.1, -0.05) is 0 Å². The first-order valence-electron chi connectivity index (χ1n) is 5.84. The lowest BCUT2D eigenvalue weighted by Crippen LogP contribution is -2.10. The van der Waals surface area contributed by atoms with E-state index in [4.69, 9.17) is 0 Å². The fraction of sp³-hybridized carbons (Fsp3) is 0.250. The third-order valence-corrected chi connectivity index (χ3v) is 3.34. The predicted octanol–water partition coefficient (Wildman–Crippen LogP) is 3.72. The van der Waals surface area contributed by atoms with Gasteiger partial charge in [0.15, 0.2) is 0 Å². The van der Waals surface area contributed by atoms with Crippen LogP contribution in [-0.4, -0.2) is 16.5 Å². The molecule has 1 heterocycles. The van der Waals surface area contributed by atoms with Gasteiger partial charge in [0.1, 0.15) is 5.69 Å². The second-order valence-corrected chi connectivity index (χ2v) is 4.86. The summed E-state index contributed by atoms with van der Waals surface area (Å²) in [5, 5.41) is 15.5. The van der Waals surface area contributed by atoms with E-state index in [1.54, 1.807) is 5.51 Å². The van der Waals surface area contributed by atoms with Crippen molar-refractivity contribution in [3.05, 3.63) is 50.5 Å². The molecule has 0 bridgehead atoms. The normalized spacial score (nSPS) is 11.4. The third-order valence-electron chi connectivity index (χ3n) is 2.70. The molecule has 0 saturated heterocycles. The van der Waals surface area contributed by atoms with Gasteiger partial charge in [-0.15, -0.1) is 11.3 Å². The average molecular weight is 317 g/mol. The highest BCUT2D eigenvalue weighted by Crippen LogP contribution is 2.34. The number of benzene rings is 1. The van der Waals surface area contributed by atoms with Crippen molar-refractivity contribution >= 4 is 22.7 Å². The molecule has 0 unspecified atom stereocenters. The molecule has 21 heavy (non-hydrogen) atoms. The van der Waals surface area contributed by atoms with Crippen molar-refractivity contribution in [3.63, 3.8) is 0 Å². The second-order valence-electron chi connectivity index (χ2n) is 4.14. The maximum absolute atomic E-state index is 12.6. The van der Waals surface area contributed by atoms with Gasteiger partial charge in [0.05, 0.1) is 21.7 Å². The standard InChI is InChI=1S/C12H10F3N3O2S/c13-12(14,15)8-1-2-10(11(5-8)18(19)20)16-4-3-9-6-21-7-17-9/h1-2,5-7,16H,3-4H2. The molecule has 0 saturated carbocycles. The first-order valence-corrected chi connectivity index (χ1v) is 6.79. The van der Waals surface area contributed by atoms with Crippen LogP contribution >= 0.6 is 11.3 Å². The fourth-order valence-electron chi connectivity index (χ4n) is 1.69. The van der Waals surface area contributed by atoms with Crippen LogP contribution < -0.4 is 5.32 Å². The van der Waals surface area contributed by atoms with E-state index in [9.17, 15) is 23.3 Å². The number of aromatic nitrogens is 1. The first kappa shape index (κ1) is 15.2. The topological polar surface area (TPSA) is 68.1 Å². The van der Waals surface area contributed by atoms with Gasteiger partial charge in [-0.25, -0.2) is 4.98 Å². The zero-order valence-electron chi connectivity index (χ0n) is 10.6. The van der Waals surface area contributed by atoms with Crippen molar-refractivity contribution in [1.29, 1.82) is 0 Å². The van der Waals surface area contributed by atoms with Crippen LogP contribution in [0, 0.1) is 10.1 Å². The molecule has 0 fully saturated rings. The number of thiazole rings is 1. The van der Waals surface area contributed by atoms with E-state index < -0.39 is 22.4 Å². The second kappa shape index (κ2) is 6.08. The number of nitrogens with zero attached hydrogens (tertiary/aromatic N) is 2. The SMILES string of the molecule is O=[N+]([O-])c1cc(C(F)(F)F)ccc1NCCc1cscn1. The van der Waals surface area contributed by atoms with Gasteiger partial charge in [-0.3, -0.25) is 10.1 Å². The minimum Gasteiger partial charge on any atom is -0.379 e. The Morgan fingerprint density at radius 2 is 2.14 bits per heavy atom. The predicted molar refractivity (Wildman–Crippen MR) is 72.4 cm³/mol. The number of halogens is 3. The molecule has 2 rings (SSSR count). The number of hydrogen-bond donors (Lipinski definition) is 1. The Morgan fingerprint density at radius 1 is 1.38 bits per heavy atom. The monoisotopic (exact) mass is 317 g/mol. The zero-order chi connectivity index (χ0) is 15.5. The molecule has 0 atom stereocenters. The maximum Gasteiger partial charge on any atom is 0.416 e. The Morgan fingerprint density at radius 3 is 2.71 bits per heavy atom. The molecule has 1 aromatic carbocycles. The summed E-state index contributed by atoms with van der Waals surface area (Å²) in [6.07, 6.45) is -4.08. The summed E-state index contributed by atoms with van der Waals surface area (Å²) in [5.74, 6) is 0. The molecule has 0 aliphatic carbocycles. The number of rotatable bonds is 5. The molecular weight excluding hydrogens is 307 g/mol. The Hall–Kier alpha value is -2.16. The van der Waals surface area contributed by atoms with Crippen molar-refractivity contribution in [2.24, 2.45) is 0 Å². The highest BCUT2D eigenvalue weighted by atomic mass is 32.1. The molecule has 5 nitrogen and oxygen atoms in total. The number of anilines is 1. The molecule has 0 amide bonds.